The highest BCUT2D eigenvalue weighted by Crippen LogP contribution is 2.15. The van der Waals surface area contributed by atoms with E-state index in [1.807, 2.05) is 19.2 Å². The maximum absolute atomic E-state index is 4.49. The highest BCUT2D eigenvalue weighted by molar-refractivity contribution is 5.83. The molecule has 2 aromatic heterocycles. The Bertz CT molecular complexity index is 891. The van der Waals surface area contributed by atoms with Gasteiger partial charge in [0.15, 0.2) is 5.96 Å². The van der Waals surface area contributed by atoms with Gasteiger partial charge in [-0.25, -0.2) is 0 Å². The Balaban J connectivity index is 1.49. The summed E-state index contributed by atoms with van der Waals surface area (Å²) in [6, 6.07) is 12.4. The van der Waals surface area contributed by atoms with Crippen molar-refractivity contribution in [3.63, 3.8) is 0 Å². The molecule has 0 aliphatic rings. The highest BCUT2D eigenvalue weighted by atomic mass is 15.3. The standard InChI is InChI=1S/C20H26N6/c1-15-13-16(2)26(25-15)12-6-11-23-20(21-3)24-14-18-8-4-7-17-9-5-10-22-19(17)18/h4-5,7-10,13H,6,11-12,14H2,1-3H3,(H2,21,23,24). The van der Waals surface area contributed by atoms with E-state index in [1.165, 1.54) is 5.69 Å². The first-order valence-corrected chi connectivity index (χ1v) is 8.95. The van der Waals surface area contributed by atoms with Gasteiger partial charge in [0.25, 0.3) is 0 Å². The summed E-state index contributed by atoms with van der Waals surface area (Å²) < 4.78 is 2.05. The number of rotatable bonds is 6. The van der Waals surface area contributed by atoms with E-state index in [0.717, 1.165) is 47.6 Å². The summed E-state index contributed by atoms with van der Waals surface area (Å²) in [5.74, 6) is 0.798. The Morgan fingerprint density at radius 3 is 2.77 bits per heavy atom. The summed E-state index contributed by atoms with van der Waals surface area (Å²) in [4.78, 5) is 8.80. The number of aromatic nitrogens is 3. The van der Waals surface area contributed by atoms with Crippen molar-refractivity contribution in [2.45, 2.75) is 33.4 Å². The molecule has 0 unspecified atom stereocenters. The van der Waals surface area contributed by atoms with E-state index >= 15 is 0 Å². The molecule has 6 nitrogen and oxygen atoms in total. The molecule has 0 fully saturated rings. The molecule has 2 N–H and O–H groups in total. The summed E-state index contributed by atoms with van der Waals surface area (Å²) in [7, 11) is 1.79. The number of hydrogen-bond acceptors (Lipinski definition) is 3. The third kappa shape index (κ3) is 4.39. The van der Waals surface area contributed by atoms with Crippen LogP contribution in [0.5, 0.6) is 0 Å². The number of aliphatic imine (C=N–C) groups is 1. The minimum atomic E-state index is 0.686. The normalized spacial score (nSPS) is 11.7. The van der Waals surface area contributed by atoms with Crippen molar-refractivity contribution in [2.75, 3.05) is 13.6 Å². The number of fused-ring (bicyclic) bond motifs is 1. The van der Waals surface area contributed by atoms with E-state index in [-0.39, 0.29) is 0 Å². The average Bonchev–Trinajstić information content (AvgIpc) is 2.98. The van der Waals surface area contributed by atoms with Gasteiger partial charge < -0.3 is 10.6 Å². The fourth-order valence-electron chi connectivity index (χ4n) is 3.05. The summed E-state index contributed by atoms with van der Waals surface area (Å²) in [5.41, 5.74) is 4.46. The Morgan fingerprint density at radius 1 is 1.15 bits per heavy atom. The lowest BCUT2D eigenvalue weighted by Crippen LogP contribution is -2.37. The van der Waals surface area contributed by atoms with Gasteiger partial charge in [0.2, 0.25) is 0 Å². The second kappa shape index (κ2) is 8.47. The molecule has 3 aromatic rings. The van der Waals surface area contributed by atoms with E-state index in [2.05, 4.69) is 67.6 Å². The smallest absolute Gasteiger partial charge is 0.191 e. The van der Waals surface area contributed by atoms with Crippen molar-refractivity contribution < 1.29 is 0 Å². The van der Waals surface area contributed by atoms with E-state index in [9.17, 15) is 0 Å². The van der Waals surface area contributed by atoms with Gasteiger partial charge in [-0.15, -0.1) is 0 Å². The molecule has 3 rings (SSSR count). The van der Waals surface area contributed by atoms with Crippen LogP contribution in [0.1, 0.15) is 23.4 Å². The van der Waals surface area contributed by atoms with Crippen LogP contribution in [0.25, 0.3) is 10.9 Å². The predicted molar refractivity (Wildman–Crippen MR) is 106 cm³/mol. The van der Waals surface area contributed by atoms with Crippen LogP contribution < -0.4 is 10.6 Å². The molecule has 6 heteroatoms. The summed E-state index contributed by atoms with van der Waals surface area (Å²) in [6.07, 6.45) is 2.82. The number of nitrogens with one attached hydrogen (secondary N) is 2. The van der Waals surface area contributed by atoms with Gasteiger partial charge in [-0.05, 0) is 38.0 Å². The van der Waals surface area contributed by atoms with E-state index in [4.69, 9.17) is 0 Å². The third-order valence-electron chi connectivity index (χ3n) is 4.33. The Kier molecular flexibility index (Phi) is 5.84. The molecular formula is C20H26N6. The summed E-state index contributed by atoms with van der Waals surface area (Å²) in [6.45, 7) is 6.54. The number of guanidine groups is 1. The first kappa shape index (κ1) is 17.9. The van der Waals surface area contributed by atoms with Gasteiger partial charge in [0, 0.05) is 44.0 Å². The minimum absolute atomic E-state index is 0.686. The van der Waals surface area contributed by atoms with Crippen LogP contribution in [-0.4, -0.2) is 34.3 Å². The molecule has 0 bridgehead atoms. The predicted octanol–water partition coefficient (Wildman–Crippen LogP) is 2.80. The molecule has 2 heterocycles. The van der Waals surface area contributed by atoms with Crippen molar-refractivity contribution in [2.24, 2.45) is 4.99 Å². The van der Waals surface area contributed by atoms with Gasteiger partial charge in [-0.1, -0.05) is 24.3 Å². The quantitative estimate of drug-likeness (QED) is 0.408. The van der Waals surface area contributed by atoms with Crippen molar-refractivity contribution in [1.82, 2.24) is 25.4 Å². The van der Waals surface area contributed by atoms with Crippen molar-refractivity contribution >= 4 is 16.9 Å². The van der Waals surface area contributed by atoms with Crippen LogP contribution in [0.2, 0.25) is 0 Å². The molecule has 0 saturated heterocycles. The number of pyridine rings is 1. The van der Waals surface area contributed by atoms with Crippen LogP contribution in [0.15, 0.2) is 47.6 Å². The van der Waals surface area contributed by atoms with Gasteiger partial charge >= 0.3 is 0 Å². The number of hydrogen-bond donors (Lipinski definition) is 2. The van der Waals surface area contributed by atoms with Crippen molar-refractivity contribution in [1.29, 1.82) is 0 Å². The zero-order valence-corrected chi connectivity index (χ0v) is 15.7. The molecule has 1 aromatic carbocycles. The molecule has 0 amide bonds. The van der Waals surface area contributed by atoms with Crippen LogP contribution >= 0.6 is 0 Å². The first-order chi connectivity index (χ1) is 12.7. The van der Waals surface area contributed by atoms with Gasteiger partial charge in [-0.3, -0.25) is 14.7 Å². The fourth-order valence-corrected chi connectivity index (χ4v) is 3.05. The minimum Gasteiger partial charge on any atom is -0.356 e. The van der Waals surface area contributed by atoms with E-state index < -0.39 is 0 Å². The number of benzene rings is 1. The Morgan fingerprint density at radius 2 is 2.00 bits per heavy atom. The lowest BCUT2D eigenvalue weighted by molar-refractivity contribution is 0.555. The Hall–Kier alpha value is -2.89. The summed E-state index contributed by atoms with van der Waals surface area (Å²) >= 11 is 0. The largest absolute Gasteiger partial charge is 0.356 e. The van der Waals surface area contributed by atoms with E-state index in [0.29, 0.717) is 6.54 Å². The van der Waals surface area contributed by atoms with E-state index in [1.54, 1.807) is 7.05 Å². The van der Waals surface area contributed by atoms with Gasteiger partial charge in [-0.2, -0.15) is 5.10 Å². The van der Waals surface area contributed by atoms with Crippen molar-refractivity contribution in [3.8, 4) is 0 Å². The molecule has 136 valence electrons. The molecule has 26 heavy (non-hydrogen) atoms. The number of aryl methyl sites for hydroxylation is 3. The molecule has 0 atom stereocenters. The lowest BCUT2D eigenvalue weighted by atomic mass is 10.1. The average molecular weight is 350 g/mol. The lowest BCUT2D eigenvalue weighted by Gasteiger charge is -2.13. The second-order valence-electron chi connectivity index (χ2n) is 6.35. The van der Waals surface area contributed by atoms with Crippen LogP contribution in [-0.2, 0) is 13.1 Å². The number of para-hydroxylation sites is 1. The van der Waals surface area contributed by atoms with Crippen LogP contribution in [0, 0.1) is 13.8 Å². The number of nitrogens with zero attached hydrogens (tertiary/aromatic N) is 4. The molecule has 0 aliphatic carbocycles. The molecular weight excluding hydrogens is 324 g/mol. The maximum Gasteiger partial charge on any atom is 0.191 e. The SMILES string of the molecule is CN=C(NCCCn1nc(C)cc1C)NCc1cccc2cccnc12. The molecule has 0 aliphatic heterocycles. The summed E-state index contributed by atoms with van der Waals surface area (Å²) in [5, 5.41) is 12.4. The van der Waals surface area contributed by atoms with Gasteiger partial charge in [0.05, 0.1) is 11.2 Å². The monoisotopic (exact) mass is 350 g/mol. The first-order valence-electron chi connectivity index (χ1n) is 8.95. The zero-order valence-electron chi connectivity index (χ0n) is 15.7. The maximum atomic E-state index is 4.49. The third-order valence-corrected chi connectivity index (χ3v) is 4.33. The zero-order chi connectivity index (χ0) is 18.4. The fraction of sp³-hybridized carbons (Fsp3) is 0.350. The highest BCUT2D eigenvalue weighted by Gasteiger charge is 2.04. The Labute approximate surface area is 154 Å². The van der Waals surface area contributed by atoms with Crippen molar-refractivity contribution in [3.05, 3.63) is 59.5 Å². The molecule has 0 spiro atoms. The van der Waals surface area contributed by atoms with Gasteiger partial charge in [0.1, 0.15) is 0 Å². The van der Waals surface area contributed by atoms with Crippen LogP contribution in [0.3, 0.4) is 0 Å². The topological polar surface area (TPSA) is 67.1 Å². The second-order valence-corrected chi connectivity index (χ2v) is 6.35. The molecule has 0 radical (unpaired) electrons. The van der Waals surface area contributed by atoms with Crippen LogP contribution in [0.4, 0.5) is 0 Å². The molecule has 0 saturated carbocycles.